The molecule has 0 spiro atoms. The summed E-state index contributed by atoms with van der Waals surface area (Å²) in [5, 5.41) is 22.2. The van der Waals surface area contributed by atoms with Crippen molar-refractivity contribution in [1.82, 2.24) is 0 Å². The monoisotopic (exact) mass is 372 g/mol. The zero-order chi connectivity index (χ0) is 18.2. The fourth-order valence-electron chi connectivity index (χ4n) is 4.97. The Bertz CT molecular complexity index is 569. The number of fused-ring (bicyclic) bond motifs is 4. The Balaban J connectivity index is 1.36. The molecule has 5 aliphatic rings. The number of hydrogen-bond donors (Lipinski definition) is 2. The van der Waals surface area contributed by atoms with E-state index in [1.807, 2.05) is 13.8 Å². The average molecular weight is 372 g/mol. The molecule has 0 unspecified atom stereocenters. The van der Waals surface area contributed by atoms with Gasteiger partial charge >= 0.3 is 0 Å². The Morgan fingerprint density at radius 2 is 1.50 bits per heavy atom. The van der Waals surface area contributed by atoms with Crippen molar-refractivity contribution < 1.29 is 38.6 Å². The number of ether oxygens (including phenoxy) is 6. The van der Waals surface area contributed by atoms with E-state index in [-0.39, 0.29) is 49.5 Å². The molecular weight excluding hydrogens is 344 g/mol. The third-order valence-corrected chi connectivity index (χ3v) is 6.31. The zero-order valence-corrected chi connectivity index (χ0v) is 15.3. The van der Waals surface area contributed by atoms with Crippen LogP contribution in [0.1, 0.15) is 46.0 Å². The van der Waals surface area contributed by atoms with Gasteiger partial charge in [0.2, 0.25) is 11.6 Å². The second kappa shape index (κ2) is 5.84. The topological polar surface area (TPSA) is 95.8 Å². The van der Waals surface area contributed by atoms with E-state index in [0.717, 1.165) is 12.8 Å². The summed E-state index contributed by atoms with van der Waals surface area (Å²) in [5.41, 5.74) is 0. The predicted molar refractivity (Wildman–Crippen MR) is 86.0 cm³/mol. The maximum Gasteiger partial charge on any atom is 0.224 e. The Kier molecular flexibility index (Phi) is 3.99. The highest BCUT2D eigenvalue weighted by Gasteiger charge is 2.66. The number of hydrogen-bond acceptors (Lipinski definition) is 8. The molecule has 148 valence electrons. The summed E-state index contributed by atoms with van der Waals surface area (Å²) in [6.45, 7) is 4.82. The minimum absolute atomic E-state index is 0.157. The molecule has 0 aliphatic carbocycles. The summed E-state index contributed by atoms with van der Waals surface area (Å²) >= 11 is 0. The highest BCUT2D eigenvalue weighted by Crippen LogP contribution is 2.50. The molecule has 2 N–H and O–H groups in total. The number of aliphatic hydroxyl groups is 2. The molecule has 8 heteroatoms. The lowest BCUT2D eigenvalue weighted by molar-refractivity contribution is -0.480. The molecule has 5 fully saturated rings. The van der Waals surface area contributed by atoms with Gasteiger partial charge in [0.25, 0.3) is 0 Å². The summed E-state index contributed by atoms with van der Waals surface area (Å²) in [6, 6.07) is 0. The highest BCUT2D eigenvalue weighted by atomic mass is 16.8. The molecule has 0 radical (unpaired) electrons. The van der Waals surface area contributed by atoms with Crippen molar-refractivity contribution in [2.75, 3.05) is 13.2 Å². The van der Waals surface area contributed by atoms with E-state index in [4.69, 9.17) is 28.4 Å². The minimum Gasteiger partial charge on any atom is -0.375 e. The van der Waals surface area contributed by atoms with Crippen molar-refractivity contribution in [3.05, 3.63) is 0 Å². The van der Waals surface area contributed by atoms with E-state index in [0.29, 0.717) is 19.6 Å². The fraction of sp³-hybridized carbons (Fsp3) is 1.00. The normalized spacial score (nSPS) is 55.8. The molecule has 26 heavy (non-hydrogen) atoms. The molecule has 0 aromatic heterocycles. The molecule has 8 atom stereocenters. The van der Waals surface area contributed by atoms with Crippen LogP contribution >= 0.6 is 0 Å². The fourth-order valence-corrected chi connectivity index (χ4v) is 4.97. The first-order valence-electron chi connectivity index (χ1n) is 9.66. The first kappa shape index (κ1) is 17.8. The maximum absolute atomic E-state index is 11.1. The molecule has 0 amide bonds. The third-order valence-electron chi connectivity index (χ3n) is 6.31. The average Bonchev–Trinajstić information content (AvgIpc) is 2.55. The van der Waals surface area contributed by atoms with E-state index >= 15 is 0 Å². The standard InChI is InChI=1S/C18H28O8/c1-16(2)22-9-15-12(24-16)6-11-14(23-15)8-18(20)17(19,26-11)7-13-10(25-18)4-3-5-21-13/h10-15,19-20H,3-9H2,1-2H3/t10-,11+,12-,13+,14-,15+,17-,18+/m0/s1. The maximum atomic E-state index is 11.1. The van der Waals surface area contributed by atoms with Crippen molar-refractivity contribution in [2.45, 2.75) is 99.9 Å². The van der Waals surface area contributed by atoms with Crippen LogP contribution in [-0.4, -0.2) is 77.4 Å². The van der Waals surface area contributed by atoms with Gasteiger partial charge in [0.15, 0.2) is 5.79 Å². The van der Waals surface area contributed by atoms with Gasteiger partial charge in [-0.15, -0.1) is 0 Å². The molecule has 0 aromatic rings. The Morgan fingerprint density at radius 1 is 0.808 bits per heavy atom. The first-order valence-corrected chi connectivity index (χ1v) is 9.66. The molecule has 0 bridgehead atoms. The van der Waals surface area contributed by atoms with Gasteiger partial charge in [0.1, 0.15) is 6.10 Å². The van der Waals surface area contributed by atoms with Crippen molar-refractivity contribution in [2.24, 2.45) is 0 Å². The summed E-state index contributed by atoms with van der Waals surface area (Å²) < 4.78 is 35.5. The predicted octanol–water partition coefficient (Wildman–Crippen LogP) is 0.429. The molecule has 5 heterocycles. The van der Waals surface area contributed by atoms with Gasteiger partial charge in [0, 0.05) is 25.9 Å². The Hall–Kier alpha value is -0.320. The van der Waals surface area contributed by atoms with Crippen LogP contribution in [0.5, 0.6) is 0 Å². The largest absolute Gasteiger partial charge is 0.375 e. The van der Waals surface area contributed by atoms with Gasteiger partial charge in [0.05, 0.1) is 37.1 Å². The Labute approximate surface area is 152 Å². The molecule has 0 aromatic carbocycles. The lowest BCUT2D eigenvalue weighted by atomic mass is 9.80. The molecular formula is C18H28O8. The zero-order valence-electron chi connectivity index (χ0n) is 15.3. The van der Waals surface area contributed by atoms with E-state index in [1.165, 1.54) is 0 Å². The molecule has 5 rings (SSSR count). The van der Waals surface area contributed by atoms with E-state index in [9.17, 15) is 10.2 Å². The third kappa shape index (κ3) is 2.74. The van der Waals surface area contributed by atoms with Gasteiger partial charge in [-0.25, -0.2) is 0 Å². The summed E-state index contributed by atoms with van der Waals surface area (Å²) in [5.74, 6) is -4.26. The van der Waals surface area contributed by atoms with Gasteiger partial charge < -0.3 is 38.6 Å². The second-order valence-electron chi connectivity index (χ2n) is 8.66. The van der Waals surface area contributed by atoms with Crippen LogP contribution in [0.4, 0.5) is 0 Å². The molecule has 5 aliphatic heterocycles. The van der Waals surface area contributed by atoms with Crippen molar-refractivity contribution in [3.8, 4) is 0 Å². The van der Waals surface area contributed by atoms with Crippen LogP contribution in [0.2, 0.25) is 0 Å². The quantitative estimate of drug-likeness (QED) is 0.632. The molecule has 0 saturated carbocycles. The van der Waals surface area contributed by atoms with Gasteiger partial charge in [-0.2, -0.15) is 0 Å². The second-order valence-corrected chi connectivity index (χ2v) is 8.66. The van der Waals surface area contributed by atoms with Crippen LogP contribution in [0.3, 0.4) is 0 Å². The minimum atomic E-state index is -1.80. The summed E-state index contributed by atoms with van der Waals surface area (Å²) in [6.07, 6.45) is 0.992. The molecule has 8 nitrogen and oxygen atoms in total. The Morgan fingerprint density at radius 3 is 2.31 bits per heavy atom. The van der Waals surface area contributed by atoms with Crippen LogP contribution < -0.4 is 0 Å². The molecule has 5 saturated heterocycles. The lowest BCUT2D eigenvalue weighted by Crippen LogP contribution is -2.74. The summed E-state index contributed by atoms with van der Waals surface area (Å²) in [7, 11) is 0. The SMILES string of the molecule is CC1(C)OC[C@H]2O[C@H]3C[C@@]4(O)O[C@H]5CCCO[C@@H]5C[C@]4(O)O[C@@H]3C[C@@H]2O1. The smallest absolute Gasteiger partial charge is 0.224 e. The highest BCUT2D eigenvalue weighted by molar-refractivity contribution is 5.05. The van der Waals surface area contributed by atoms with Crippen molar-refractivity contribution >= 4 is 0 Å². The van der Waals surface area contributed by atoms with Gasteiger partial charge in [-0.05, 0) is 26.7 Å². The van der Waals surface area contributed by atoms with Crippen LogP contribution in [0.25, 0.3) is 0 Å². The van der Waals surface area contributed by atoms with Crippen LogP contribution in [0.15, 0.2) is 0 Å². The van der Waals surface area contributed by atoms with E-state index in [2.05, 4.69) is 0 Å². The van der Waals surface area contributed by atoms with Crippen LogP contribution in [-0.2, 0) is 28.4 Å². The van der Waals surface area contributed by atoms with Gasteiger partial charge in [-0.1, -0.05) is 0 Å². The van der Waals surface area contributed by atoms with E-state index in [1.54, 1.807) is 0 Å². The van der Waals surface area contributed by atoms with Crippen molar-refractivity contribution in [3.63, 3.8) is 0 Å². The first-order chi connectivity index (χ1) is 12.3. The number of rotatable bonds is 0. The van der Waals surface area contributed by atoms with Crippen molar-refractivity contribution in [1.29, 1.82) is 0 Å². The van der Waals surface area contributed by atoms with Crippen LogP contribution in [0, 0.1) is 0 Å². The van der Waals surface area contributed by atoms with E-state index < -0.39 is 17.4 Å². The van der Waals surface area contributed by atoms with Gasteiger partial charge in [-0.3, -0.25) is 0 Å². The lowest BCUT2D eigenvalue weighted by Gasteiger charge is -2.59. The summed E-state index contributed by atoms with van der Waals surface area (Å²) in [4.78, 5) is 0.